The Labute approximate surface area is 153 Å². The number of rotatable bonds is 8. The number of nitrogens with one attached hydrogen (secondary N) is 2. The molecule has 0 aromatic heterocycles. The molecule has 2 aromatic rings. The molecular formula is C20H24N2O4. The van der Waals surface area contributed by atoms with Crippen LogP contribution in [0, 0.1) is 6.92 Å². The highest BCUT2D eigenvalue weighted by molar-refractivity contribution is 5.94. The first kappa shape index (κ1) is 19.3. The lowest BCUT2D eigenvalue weighted by Crippen LogP contribution is -2.25. The Balaban J connectivity index is 1.81. The van der Waals surface area contributed by atoms with Crippen LogP contribution in [0.4, 0.5) is 5.69 Å². The van der Waals surface area contributed by atoms with Crippen LogP contribution >= 0.6 is 0 Å². The fourth-order valence-electron chi connectivity index (χ4n) is 2.47. The summed E-state index contributed by atoms with van der Waals surface area (Å²) in [6.07, 6.45) is 0.861. The Morgan fingerprint density at radius 3 is 2.31 bits per heavy atom. The van der Waals surface area contributed by atoms with Crippen molar-refractivity contribution in [3.05, 3.63) is 53.6 Å². The zero-order valence-electron chi connectivity index (χ0n) is 15.3. The van der Waals surface area contributed by atoms with E-state index in [0.717, 1.165) is 5.56 Å². The highest BCUT2D eigenvalue weighted by Gasteiger charge is 2.11. The molecule has 6 nitrogen and oxygen atoms in total. The van der Waals surface area contributed by atoms with E-state index in [2.05, 4.69) is 10.6 Å². The molecule has 2 rings (SSSR count). The lowest BCUT2D eigenvalue weighted by Gasteiger charge is -2.13. The smallest absolute Gasteiger partial charge is 0.251 e. The quantitative estimate of drug-likeness (QED) is 0.713. The molecule has 0 saturated carbocycles. The summed E-state index contributed by atoms with van der Waals surface area (Å²) in [5.41, 5.74) is 2.17. The Kier molecular flexibility index (Phi) is 7.02. The van der Waals surface area contributed by atoms with Gasteiger partial charge in [0.15, 0.2) is 11.5 Å². The maximum absolute atomic E-state index is 12.1. The number of amides is 2. The van der Waals surface area contributed by atoms with Crippen LogP contribution in [0.2, 0.25) is 0 Å². The molecule has 2 N–H and O–H groups in total. The molecule has 0 radical (unpaired) electrons. The molecule has 2 aromatic carbocycles. The van der Waals surface area contributed by atoms with Gasteiger partial charge >= 0.3 is 0 Å². The molecule has 0 unspecified atom stereocenters. The third kappa shape index (κ3) is 5.24. The number of anilines is 1. The maximum Gasteiger partial charge on any atom is 0.251 e. The van der Waals surface area contributed by atoms with E-state index in [4.69, 9.17) is 9.47 Å². The summed E-state index contributed by atoms with van der Waals surface area (Å²) in [4.78, 5) is 24.1. The van der Waals surface area contributed by atoms with E-state index in [0.29, 0.717) is 42.1 Å². The van der Waals surface area contributed by atoms with Gasteiger partial charge in [0, 0.05) is 30.3 Å². The van der Waals surface area contributed by atoms with E-state index in [1.54, 1.807) is 32.4 Å². The molecule has 138 valence electrons. The van der Waals surface area contributed by atoms with Gasteiger partial charge in [0.2, 0.25) is 5.91 Å². The molecular weight excluding hydrogens is 332 g/mol. The summed E-state index contributed by atoms with van der Waals surface area (Å²) < 4.78 is 10.5. The van der Waals surface area contributed by atoms with Crippen LogP contribution < -0.4 is 20.1 Å². The van der Waals surface area contributed by atoms with Gasteiger partial charge in [-0.2, -0.15) is 0 Å². The maximum atomic E-state index is 12.1. The van der Waals surface area contributed by atoms with Crippen molar-refractivity contribution in [3.8, 4) is 11.5 Å². The molecule has 0 bridgehead atoms. The normalized spacial score (nSPS) is 10.1. The van der Waals surface area contributed by atoms with E-state index >= 15 is 0 Å². The standard InChI is InChI=1S/C20H24N2O4/c1-14-12-17(25-2)18(26-3)13-16(14)22-19(23)10-7-11-21-20(24)15-8-5-4-6-9-15/h4-6,8-9,12-13H,7,10-11H2,1-3H3,(H,21,24)(H,22,23). The monoisotopic (exact) mass is 356 g/mol. The molecule has 0 atom stereocenters. The third-order valence-electron chi connectivity index (χ3n) is 3.91. The van der Waals surface area contributed by atoms with Crippen molar-refractivity contribution in [3.63, 3.8) is 0 Å². The summed E-state index contributed by atoms with van der Waals surface area (Å²) in [5, 5.41) is 5.68. The van der Waals surface area contributed by atoms with Gasteiger partial charge in [-0.05, 0) is 37.1 Å². The van der Waals surface area contributed by atoms with Crippen molar-refractivity contribution < 1.29 is 19.1 Å². The number of hydrogen-bond donors (Lipinski definition) is 2. The van der Waals surface area contributed by atoms with Crippen molar-refractivity contribution in [2.24, 2.45) is 0 Å². The van der Waals surface area contributed by atoms with Gasteiger partial charge in [-0.3, -0.25) is 9.59 Å². The molecule has 0 saturated heterocycles. The lowest BCUT2D eigenvalue weighted by molar-refractivity contribution is -0.116. The van der Waals surface area contributed by atoms with Gasteiger partial charge in [-0.25, -0.2) is 0 Å². The summed E-state index contributed by atoms with van der Waals surface area (Å²) >= 11 is 0. The molecule has 26 heavy (non-hydrogen) atoms. The van der Waals surface area contributed by atoms with Crippen molar-refractivity contribution in [1.29, 1.82) is 0 Å². The first-order valence-electron chi connectivity index (χ1n) is 8.41. The molecule has 0 spiro atoms. The molecule has 0 fully saturated rings. The number of benzene rings is 2. The van der Waals surface area contributed by atoms with Gasteiger partial charge in [0.05, 0.1) is 14.2 Å². The highest BCUT2D eigenvalue weighted by atomic mass is 16.5. The Morgan fingerprint density at radius 2 is 1.65 bits per heavy atom. The summed E-state index contributed by atoms with van der Waals surface area (Å²) in [6, 6.07) is 12.5. The molecule has 6 heteroatoms. The number of ether oxygens (including phenoxy) is 2. The van der Waals surface area contributed by atoms with Crippen molar-refractivity contribution in [2.45, 2.75) is 19.8 Å². The van der Waals surface area contributed by atoms with E-state index in [1.165, 1.54) is 0 Å². The summed E-state index contributed by atoms with van der Waals surface area (Å²) in [7, 11) is 3.12. The van der Waals surface area contributed by atoms with E-state index in [9.17, 15) is 9.59 Å². The van der Waals surface area contributed by atoms with E-state index < -0.39 is 0 Å². The zero-order valence-corrected chi connectivity index (χ0v) is 15.3. The Hall–Kier alpha value is -3.02. The highest BCUT2D eigenvalue weighted by Crippen LogP contribution is 2.32. The number of methoxy groups -OCH3 is 2. The molecule has 2 amide bonds. The summed E-state index contributed by atoms with van der Waals surface area (Å²) in [5.74, 6) is 0.922. The van der Waals surface area contributed by atoms with Crippen LogP contribution in [0.3, 0.4) is 0 Å². The minimum Gasteiger partial charge on any atom is -0.493 e. The van der Waals surface area contributed by atoms with Gasteiger partial charge < -0.3 is 20.1 Å². The Morgan fingerprint density at radius 1 is 1.00 bits per heavy atom. The minimum atomic E-state index is -0.137. The van der Waals surface area contributed by atoms with E-state index in [-0.39, 0.29) is 11.8 Å². The zero-order chi connectivity index (χ0) is 18.9. The average molecular weight is 356 g/mol. The number of hydrogen-bond acceptors (Lipinski definition) is 4. The first-order chi connectivity index (χ1) is 12.5. The Bertz CT molecular complexity index is 760. The average Bonchev–Trinajstić information content (AvgIpc) is 2.67. The van der Waals surface area contributed by atoms with Crippen molar-refractivity contribution in [2.75, 3.05) is 26.1 Å². The minimum absolute atomic E-state index is 0.116. The molecule has 0 aliphatic carbocycles. The summed E-state index contributed by atoms with van der Waals surface area (Å²) in [6.45, 7) is 2.32. The van der Waals surface area contributed by atoms with Gasteiger partial charge in [-0.15, -0.1) is 0 Å². The second-order valence-corrected chi connectivity index (χ2v) is 5.80. The molecule has 0 aliphatic heterocycles. The topological polar surface area (TPSA) is 76.7 Å². The van der Waals surface area contributed by atoms with Crippen LogP contribution in [0.25, 0.3) is 0 Å². The first-order valence-corrected chi connectivity index (χ1v) is 8.41. The van der Waals surface area contributed by atoms with Crippen LogP contribution in [0.1, 0.15) is 28.8 Å². The SMILES string of the molecule is COc1cc(C)c(NC(=O)CCCNC(=O)c2ccccc2)cc1OC. The lowest BCUT2D eigenvalue weighted by atomic mass is 10.1. The second kappa shape index (κ2) is 9.46. The van der Waals surface area contributed by atoms with Crippen molar-refractivity contribution >= 4 is 17.5 Å². The molecule has 0 heterocycles. The predicted molar refractivity (Wildman–Crippen MR) is 101 cm³/mol. The fourth-order valence-corrected chi connectivity index (χ4v) is 2.47. The predicted octanol–water partition coefficient (Wildman–Crippen LogP) is 3.16. The number of aryl methyl sites for hydroxylation is 1. The van der Waals surface area contributed by atoms with Crippen LogP contribution in [-0.2, 0) is 4.79 Å². The van der Waals surface area contributed by atoms with Crippen molar-refractivity contribution in [1.82, 2.24) is 5.32 Å². The largest absolute Gasteiger partial charge is 0.493 e. The fraction of sp³-hybridized carbons (Fsp3) is 0.300. The van der Waals surface area contributed by atoms with Gasteiger partial charge in [0.25, 0.3) is 5.91 Å². The third-order valence-corrected chi connectivity index (χ3v) is 3.91. The van der Waals surface area contributed by atoms with Crippen LogP contribution in [0.15, 0.2) is 42.5 Å². The van der Waals surface area contributed by atoms with Crippen LogP contribution in [-0.4, -0.2) is 32.6 Å². The van der Waals surface area contributed by atoms with Gasteiger partial charge in [-0.1, -0.05) is 18.2 Å². The van der Waals surface area contributed by atoms with Gasteiger partial charge in [0.1, 0.15) is 0 Å². The number of carbonyl (C=O) groups is 2. The second-order valence-electron chi connectivity index (χ2n) is 5.80. The van der Waals surface area contributed by atoms with E-state index in [1.807, 2.05) is 31.2 Å². The molecule has 0 aliphatic rings. The number of carbonyl (C=O) groups excluding carboxylic acids is 2. The van der Waals surface area contributed by atoms with Crippen LogP contribution in [0.5, 0.6) is 11.5 Å².